The molecule has 0 atom stereocenters. The van der Waals surface area contributed by atoms with E-state index >= 15 is 0 Å². The topological polar surface area (TPSA) is 9.23 Å². The number of hydrogen-bond acceptors (Lipinski definition) is 2. The van der Waals surface area contributed by atoms with Crippen LogP contribution in [0.2, 0.25) is 5.02 Å². The highest BCUT2D eigenvalue weighted by Gasteiger charge is 2.00. The predicted octanol–water partition coefficient (Wildman–Crippen LogP) is 3.21. The molecule has 1 rings (SSSR count). The Balaban J connectivity index is 2.87. The predicted molar refractivity (Wildman–Crippen MR) is 55.2 cm³/mol. The molecule has 0 fully saturated rings. The van der Waals surface area contributed by atoms with Gasteiger partial charge in [-0.3, -0.25) is 0 Å². The molecule has 1 nitrogen and oxygen atoms in total. The average Bonchev–Trinajstić information content (AvgIpc) is 2.09. The van der Waals surface area contributed by atoms with Crippen LogP contribution in [-0.4, -0.2) is 13.4 Å². The Labute approximate surface area is 82.1 Å². The fraction of sp³-hybridized carbons (Fsp3) is 0.333. The molecule has 0 bridgehead atoms. The Hall–Kier alpha value is -0.340. The first-order valence-corrected chi connectivity index (χ1v) is 5.36. The van der Waals surface area contributed by atoms with E-state index in [0.717, 1.165) is 22.1 Å². The van der Waals surface area contributed by atoms with Crippen molar-refractivity contribution in [2.75, 3.05) is 13.4 Å². The van der Waals surface area contributed by atoms with Crippen molar-refractivity contribution in [1.82, 2.24) is 0 Å². The quantitative estimate of drug-likeness (QED) is 0.745. The van der Waals surface area contributed by atoms with Gasteiger partial charge in [-0.25, -0.2) is 0 Å². The summed E-state index contributed by atoms with van der Waals surface area (Å²) in [5.74, 6) is 1.76. The van der Waals surface area contributed by atoms with Gasteiger partial charge >= 0.3 is 0 Å². The second-order valence-electron chi connectivity index (χ2n) is 2.39. The van der Waals surface area contributed by atoms with E-state index in [-0.39, 0.29) is 0 Å². The Morgan fingerprint density at radius 1 is 1.50 bits per heavy atom. The summed E-state index contributed by atoms with van der Waals surface area (Å²) in [6, 6.07) is 5.77. The number of rotatable bonds is 3. The molecule has 0 saturated carbocycles. The molecule has 0 N–H and O–H groups in total. The Morgan fingerprint density at radius 2 is 2.25 bits per heavy atom. The first-order valence-electron chi connectivity index (χ1n) is 3.59. The summed E-state index contributed by atoms with van der Waals surface area (Å²) < 4.78 is 5.04. The SMILES string of the molecule is COc1ccc(CSC)c(Cl)c1. The minimum absolute atomic E-state index is 0.781. The van der Waals surface area contributed by atoms with E-state index in [1.54, 1.807) is 18.9 Å². The average molecular weight is 203 g/mol. The number of ether oxygens (including phenoxy) is 1. The third-order valence-corrected chi connectivity index (χ3v) is 2.51. The lowest BCUT2D eigenvalue weighted by atomic mass is 10.2. The molecule has 0 aromatic heterocycles. The van der Waals surface area contributed by atoms with E-state index in [4.69, 9.17) is 16.3 Å². The molecular weight excluding hydrogens is 192 g/mol. The number of hydrogen-bond donors (Lipinski definition) is 0. The van der Waals surface area contributed by atoms with Crippen LogP contribution in [-0.2, 0) is 5.75 Å². The molecule has 0 aliphatic heterocycles. The van der Waals surface area contributed by atoms with Crippen molar-refractivity contribution in [3.05, 3.63) is 28.8 Å². The van der Waals surface area contributed by atoms with E-state index in [0.29, 0.717) is 0 Å². The number of benzene rings is 1. The van der Waals surface area contributed by atoms with Crippen molar-refractivity contribution in [3.63, 3.8) is 0 Å². The number of thioether (sulfide) groups is 1. The van der Waals surface area contributed by atoms with E-state index in [9.17, 15) is 0 Å². The molecule has 1 aromatic carbocycles. The van der Waals surface area contributed by atoms with Gasteiger partial charge in [0.1, 0.15) is 5.75 Å². The zero-order chi connectivity index (χ0) is 8.97. The molecule has 3 heteroatoms. The lowest BCUT2D eigenvalue weighted by Gasteiger charge is -2.04. The van der Waals surface area contributed by atoms with Crippen molar-refractivity contribution in [1.29, 1.82) is 0 Å². The third kappa shape index (κ3) is 2.32. The fourth-order valence-electron chi connectivity index (χ4n) is 0.928. The van der Waals surface area contributed by atoms with Crippen molar-refractivity contribution < 1.29 is 4.74 Å². The lowest BCUT2D eigenvalue weighted by Crippen LogP contribution is -1.85. The maximum absolute atomic E-state index is 5.99. The van der Waals surface area contributed by atoms with Crippen LogP contribution in [0.25, 0.3) is 0 Å². The highest BCUT2D eigenvalue weighted by Crippen LogP contribution is 2.24. The maximum Gasteiger partial charge on any atom is 0.120 e. The van der Waals surface area contributed by atoms with E-state index < -0.39 is 0 Å². The van der Waals surface area contributed by atoms with Gasteiger partial charge in [0, 0.05) is 10.8 Å². The highest BCUT2D eigenvalue weighted by molar-refractivity contribution is 7.97. The van der Waals surface area contributed by atoms with Crippen LogP contribution >= 0.6 is 23.4 Å². The van der Waals surface area contributed by atoms with Crippen LogP contribution in [0.3, 0.4) is 0 Å². The summed E-state index contributed by atoms with van der Waals surface area (Å²) in [6.07, 6.45) is 2.06. The zero-order valence-electron chi connectivity index (χ0n) is 7.13. The largest absolute Gasteiger partial charge is 0.497 e. The molecule has 1 aromatic rings. The standard InChI is InChI=1S/C9H11ClOS/c1-11-8-4-3-7(6-12-2)9(10)5-8/h3-5H,6H2,1-2H3. The molecule has 0 spiro atoms. The first kappa shape index (κ1) is 9.75. The molecule has 66 valence electrons. The summed E-state index contributed by atoms with van der Waals surface area (Å²) in [4.78, 5) is 0. The molecule has 0 heterocycles. The minimum atomic E-state index is 0.781. The smallest absolute Gasteiger partial charge is 0.120 e. The normalized spacial score (nSPS) is 9.92. The Kier molecular flexibility index (Phi) is 3.76. The molecule has 0 aliphatic carbocycles. The van der Waals surface area contributed by atoms with E-state index in [1.807, 2.05) is 18.2 Å². The van der Waals surface area contributed by atoms with Crippen molar-refractivity contribution in [3.8, 4) is 5.75 Å². The Morgan fingerprint density at radius 3 is 2.75 bits per heavy atom. The van der Waals surface area contributed by atoms with Crippen LogP contribution in [0, 0.1) is 0 Å². The molecule has 0 aliphatic rings. The van der Waals surface area contributed by atoms with Gasteiger partial charge in [-0.05, 0) is 24.0 Å². The molecule has 12 heavy (non-hydrogen) atoms. The summed E-state index contributed by atoms with van der Waals surface area (Å²) in [7, 11) is 1.64. The first-order chi connectivity index (χ1) is 5.77. The second-order valence-corrected chi connectivity index (χ2v) is 3.66. The van der Waals surface area contributed by atoms with Crippen LogP contribution in [0.15, 0.2) is 18.2 Å². The number of halogens is 1. The van der Waals surface area contributed by atoms with Gasteiger partial charge < -0.3 is 4.74 Å². The second kappa shape index (κ2) is 4.63. The van der Waals surface area contributed by atoms with Gasteiger partial charge in [0.25, 0.3) is 0 Å². The number of methoxy groups -OCH3 is 1. The van der Waals surface area contributed by atoms with Crippen LogP contribution in [0.1, 0.15) is 5.56 Å². The maximum atomic E-state index is 5.99. The fourth-order valence-corrected chi connectivity index (χ4v) is 1.81. The van der Waals surface area contributed by atoms with Gasteiger partial charge in [-0.2, -0.15) is 11.8 Å². The zero-order valence-corrected chi connectivity index (χ0v) is 8.71. The van der Waals surface area contributed by atoms with Gasteiger partial charge in [-0.1, -0.05) is 17.7 Å². The monoisotopic (exact) mass is 202 g/mol. The molecule has 0 amide bonds. The minimum Gasteiger partial charge on any atom is -0.497 e. The van der Waals surface area contributed by atoms with Crippen LogP contribution in [0.5, 0.6) is 5.75 Å². The molecule has 0 radical (unpaired) electrons. The molecular formula is C9H11ClOS. The van der Waals surface area contributed by atoms with Gasteiger partial charge in [0.2, 0.25) is 0 Å². The molecule has 0 unspecified atom stereocenters. The van der Waals surface area contributed by atoms with Crippen molar-refractivity contribution >= 4 is 23.4 Å². The van der Waals surface area contributed by atoms with E-state index in [1.165, 1.54) is 0 Å². The van der Waals surface area contributed by atoms with Crippen LogP contribution in [0.4, 0.5) is 0 Å². The van der Waals surface area contributed by atoms with Crippen molar-refractivity contribution in [2.45, 2.75) is 5.75 Å². The summed E-state index contributed by atoms with van der Waals surface area (Å²) in [6.45, 7) is 0. The van der Waals surface area contributed by atoms with Gasteiger partial charge in [-0.15, -0.1) is 0 Å². The summed E-state index contributed by atoms with van der Waals surface area (Å²) >= 11 is 7.75. The Bertz CT molecular complexity index is 263. The molecule has 0 saturated heterocycles. The lowest BCUT2D eigenvalue weighted by molar-refractivity contribution is 0.414. The van der Waals surface area contributed by atoms with Gasteiger partial charge in [0.05, 0.1) is 7.11 Å². The van der Waals surface area contributed by atoms with Gasteiger partial charge in [0.15, 0.2) is 0 Å². The van der Waals surface area contributed by atoms with E-state index in [2.05, 4.69) is 6.26 Å². The highest BCUT2D eigenvalue weighted by atomic mass is 35.5. The third-order valence-electron chi connectivity index (χ3n) is 1.56. The van der Waals surface area contributed by atoms with Crippen molar-refractivity contribution in [2.24, 2.45) is 0 Å². The summed E-state index contributed by atoms with van der Waals surface area (Å²) in [5.41, 5.74) is 1.16. The van der Waals surface area contributed by atoms with Crippen LogP contribution < -0.4 is 4.74 Å². The summed E-state index contributed by atoms with van der Waals surface area (Å²) in [5, 5.41) is 0.781.